The first-order valence-electron chi connectivity index (χ1n) is 12.8. The molecule has 0 saturated carbocycles. The van der Waals surface area contributed by atoms with Crippen LogP contribution in [0.1, 0.15) is 27.4 Å². The molecule has 2 aromatic carbocycles. The summed E-state index contributed by atoms with van der Waals surface area (Å²) in [5.74, 6) is 0.0522. The zero-order valence-corrected chi connectivity index (χ0v) is 21.9. The Labute approximate surface area is 226 Å². The number of hydrogen-bond donors (Lipinski definition) is 4. The molecule has 0 radical (unpaired) electrons. The van der Waals surface area contributed by atoms with E-state index in [2.05, 4.69) is 25.7 Å². The number of amides is 3. The van der Waals surface area contributed by atoms with Crippen molar-refractivity contribution in [1.29, 1.82) is 0 Å². The van der Waals surface area contributed by atoms with Crippen molar-refractivity contribution in [3.05, 3.63) is 83.7 Å². The van der Waals surface area contributed by atoms with Gasteiger partial charge in [0.25, 0.3) is 0 Å². The van der Waals surface area contributed by atoms with Gasteiger partial charge in [-0.2, -0.15) is 10.2 Å². The van der Waals surface area contributed by atoms with Crippen LogP contribution in [0.15, 0.2) is 67.0 Å². The number of nitrogens with one attached hydrogen (secondary N) is 3. The number of carbonyl (C=O) groups excluding carboxylic acids is 2. The second-order valence-electron chi connectivity index (χ2n) is 9.61. The molecule has 39 heavy (non-hydrogen) atoms. The van der Waals surface area contributed by atoms with Gasteiger partial charge in [-0.05, 0) is 36.8 Å². The van der Waals surface area contributed by atoms with Gasteiger partial charge in [-0.1, -0.05) is 30.3 Å². The van der Waals surface area contributed by atoms with E-state index in [0.717, 1.165) is 34.6 Å². The van der Waals surface area contributed by atoms with E-state index in [1.165, 1.54) is 0 Å². The highest BCUT2D eigenvalue weighted by atomic mass is 16.5. The molecule has 5 rings (SSSR count). The van der Waals surface area contributed by atoms with Gasteiger partial charge in [0, 0.05) is 55.5 Å². The molecule has 5 N–H and O–H groups in total. The molecule has 11 heteroatoms. The van der Waals surface area contributed by atoms with E-state index in [4.69, 9.17) is 15.6 Å². The Kier molecular flexibility index (Phi) is 7.71. The van der Waals surface area contributed by atoms with Gasteiger partial charge in [-0.25, -0.2) is 9.48 Å². The van der Waals surface area contributed by atoms with Crippen molar-refractivity contribution in [3.63, 3.8) is 0 Å². The van der Waals surface area contributed by atoms with Crippen LogP contribution in [0.4, 0.5) is 10.6 Å². The van der Waals surface area contributed by atoms with Crippen LogP contribution in [0.25, 0.3) is 16.9 Å². The third-order valence-electron chi connectivity index (χ3n) is 7.05. The lowest BCUT2D eigenvalue weighted by Gasteiger charge is -2.21. The highest BCUT2D eigenvalue weighted by Gasteiger charge is 2.35. The second-order valence-corrected chi connectivity index (χ2v) is 9.61. The number of carbonyl (C=O) groups is 2. The van der Waals surface area contributed by atoms with Crippen LogP contribution in [0.2, 0.25) is 0 Å². The normalized spacial score (nSPS) is 17.3. The molecule has 1 aliphatic rings. The lowest BCUT2D eigenvalue weighted by Crippen LogP contribution is -2.42. The quantitative estimate of drug-likeness (QED) is 0.263. The molecule has 1 saturated heterocycles. The number of aromatic nitrogens is 4. The van der Waals surface area contributed by atoms with E-state index in [-0.39, 0.29) is 18.0 Å². The summed E-state index contributed by atoms with van der Waals surface area (Å²) in [6.07, 6.45) is 3.47. The first kappa shape index (κ1) is 26.1. The maximum atomic E-state index is 13.5. The lowest BCUT2D eigenvalue weighted by molar-refractivity contribution is 0.1000. The van der Waals surface area contributed by atoms with E-state index in [0.29, 0.717) is 31.1 Å². The average molecular weight is 529 g/mol. The fourth-order valence-electron chi connectivity index (χ4n) is 5.06. The Morgan fingerprint density at radius 1 is 1.15 bits per heavy atom. The third kappa shape index (κ3) is 5.69. The molecule has 3 amide bonds. The monoisotopic (exact) mass is 528 g/mol. The minimum Gasteiger partial charge on any atom is -0.383 e. The molecular formula is C28H32N8O3. The van der Waals surface area contributed by atoms with Crippen molar-refractivity contribution in [2.45, 2.75) is 18.9 Å². The van der Waals surface area contributed by atoms with Crippen molar-refractivity contribution >= 4 is 17.8 Å². The highest BCUT2D eigenvalue weighted by molar-refractivity contribution is 5.93. The minimum absolute atomic E-state index is 0.0338. The van der Waals surface area contributed by atoms with Crippen molar-refractivity contribution in [2.24, 2.45) is 5.73 Å². The molecule has 0 aliphatic carbocycles. The predicted octanol–water partition coefficient (Wildman–Crippen LogP) is 2.91. The smallest absolute Gasteiger partial charge is 0.320 e. The number of aromatic amines is 1. The standard InChI is InChI=1S/C28H32N8O3/c1-18-25(21-14-30-31-15-21)34-36(22-9-4-3-5-10-22)27(18)33-28(38)32-24-17-35(11-12-39-2)16-23(24)19-7-6-8-20(13-19)26(29)37/h3-10,13-15,23-24H,11-12,16-17H2,1-2H3,(H2,29,37)(H,30,31)(H2,32,33,38)/t23-,24+/m0/s1. The fraction of sp³-hybridized carbons (Fsp3) is 0.286. The first-order chi connectivity index (χ1) is 18.9. The van der Waals surface area contributed by atoms with Crippen LogP contribution in [0.3, 0.4) is 0 Å². The number of primary amides is 1. The van der Waals surface area contributed by atoms with E-state index in [1.54, 1.807) is 30.3 Å². The molecule has 1 fully saturated rings. The summed E-state index contributed by atoms with van der Waals surface area (Å²) in [5.41, 5.74) is 10.1. The Hall–Kier alpha value is -4.48. The van der Waals surface area contributed by atoms with Gasteiger partial charge in [0.2, 0.25) is 5.91 Å². The summed E-state index contributed by atoms with van der Waals surface area (Å²) < 4.78 is 7.00. The third-order valence-corrected chi connectivity index (χ3v) is 7.05. The number of nitrogens with zero attached hydrogens (tertiary/aromatic N) is 4. The Morgan fingerprint density at radius 3 is 2.69 bits per heavy atom. The van der Waals surface area contributed by atoms with E-state index in [1.807, 2.05) is 55.5 Å². The van der Waals surface area contributed by atoms with Gasteiger partial charge >= 0.3 is 6.03 Å². The number of hydrogen-bond acceptors (Lipinski definition) is 6. The van der Waals surface area contributed by atoms with Gasteiger partial charge in [0.05, 0.1) is 24.5 Å². The summed E-state index contributed by atoms with van der Waals surface area (Å²) in [6, 6.07) is 16.4. The lowest BCUT2D eigenvalue weighted by atomic mass is 9.93. The topological polar surface area (TPSA) is 143 Å². The maximum Gasteiger partial charge on any atom is 0.320 e. The zero-order chi connectivity index (χ0) is 27.4. The van der Waals surface area contributed by atoms with Crippen LogP contribution in [0, 0.1) is 6.92 Å². The number of likely N-dealkylation sites (tertiary alicyclic amines) is 1. The minimum atomic E-state index is -0.480. The molecule has 3 heterocycles. The summed E-state index contributed by atoms with van der Waals surface area (Å²) in [5, 5.41) is 17.9. The molecule has 4 aromatic rings. The van der Waals surface area contributed by atoms with Crippen LogP contribution >= 0.6 is 0 Å². The molecular weight excluding hydrogens is 496 g/mol. The summed E-state index contributed by atoms with van der Waals surface area (Å²) >= 11 is 0. The predicted molar refractivity (Wildman–Crippen MR) is 148 cm³/mol. The van der Waals surface area contributed by atoms with E-state index >= 15 is 0 Å². The van der Waals surface area contributed by atoms with Crippen LogP contribution in [0.5, 0.6) is 0 Å². The number of ether oxygens (including phenoxy) is 1. The van der Waals surface area contributed by atoms with Crippen LogP contribution in [-0.4, -0.2) is 76.2 Å². The number of para-hydroxylation sites is 1. The summed E-state index contributed by atoms with van der Waals surface area (Å²) in [6.45, 7) is 4.58. The summed E-state index contributed by atoms with van der Waals surface area (Å²) in [4.78, 5) is 27.5. The van der Waals surface area contributed by atoms with E-state index < -0.39 is 5.91 Å². The van der Waals surface area contributed by atoms with E-state index in [9.17, 15) is 9.59 Å². The molecule has 11 nitrogen and oxygen atoms in total. The summed E-state index contributed by atoms with van der Waals surface area (Å²) in [7, 11) is 1.67. The number of urea groups is 1. The first-order valence-corrected chi connectivity index (χ1v) is 12.8. The molecule has 1 aliphatic heterocycles. The Bertz CT molecular complexity index is 1430. The number of rotatable bonds is 9. The van der Waals surface area contributed by atoms with Crippen molar-refractivity contribution in [1.82, 2.24) is 30.2 Å². The van der Waals surface area contributed by atoms with Gasteiger partial charge in [-0.3, -0.25) is 20.1 Å². The maximum absolute atomic E-state index is 13.5. The second kappa shape index (κ2) is 11.5. The Balaban J connectivity index is 1.41. The van der Waals surface area contributed by atoms with Crippen molar-refractivity contribution in [2.75, 3.05) is 38.7 Å². The zero-order valence-electron chi connectivity index (χ0n) is 21.9. The molecule has 0 spiro atoms. The SMILES string of the molecule is COCCN1C[C@@H](NC(=O)Nc2c(C)c(-c3cn[nH]c3)nn2-c2ccccc2)[C@H](c2cccc(C(N)=O)c2)C1. The van der Waals surface area contributed by atoms with Crippen molar-refractivity contribution in [3.8, 4) is 16.9 Å². The largest absolute Gasteiger partial charge is 0.383 e. The number of methoxy groups -OCH3 is 1. The van der Waals surface area contributed by atoms with Gasteiger partial charge in [0.15, 0.2) is 0 Å². The number of nitrogens with two attached hydrogens (primary N) is 1. The number of anilines is 1. The van der Waals surface area contributed by atoms with Gasteiger partial charge < -0.3 is 15.8 Å². The molecule has 0 bridgehead atoms. The molecule has 2 aromatic heterocycles. The molecule has 0 unspecified atom stereocenters. The average Bonchev–Trinajstić information content (AvgIpc) is 3.68. The molecule has 2 atom stereocenters. The fourth-order valence-corrected chi connectivity index (χ4v) is 5.06. The number of benzene rings is 2. The Morgan fingerprint density at radius 2 is 1.97 bits per heavy atom. The molecule has 202 valence electrons. The van der Waals surface area contributed by atoms with Crippen LogP contribution in [-0.2, 0) is 4.74 Å². The van der Waals surface area contributed by atoms with Crippen molar-refractivity contribution < 1.29 is 14.3 Å². The van der Waals surface area contributed by atoms with Crippen LogP contribution < -0.4 is 16.4 Å². The number of H-pyrrole nitrogens is 1. The van der Waals surface area contributed by atoms with Gasteiger partial charge in [0.1, 0.15) is 11.5 Å². The van der Waals surface area contributed by atoms with Gasteiger partial charge in [-0.15, -0.1) is 0 Å². The highest BCUT2D eigenvalue weighted by Crippen LogP contribution is 2.31.